The van der Waals surface area contributed by atoms with Crippen molar-refractivity contribution >= 4 is 32.7 Å². The molecular weight excluding hydrogens is 326 g/mol. The van der Waals surface area contributed by atoms with E-state index in [1.54, 1.807) is 6.07 Å². The fourth-order valence-electron chi connectivity index (χ4n) is 1.76. The standard InChI is InChI=1S/C14H8BrNO4/c15-10-3-1-9-6-11(4-2-8(9)5-10)20-14-16-12(7-19-14)13(17)18/h1-7H,(H,17,18). The SMILES string of the molecule is O=C(O)c1coc(Oc2ccc3cc(Br)ccc3c2)n1. The Hall–Kier alpha value is -2.34. The van der Waals surface area contributed by atoms with E-state index in [0.29, 0.717) is 5.75 Å². The summed E-state index contributed by atoms with van der Waals surface area (Å²) in [6, 6.07) is 11.4. The molecule has 0 saturated heterocycles. The number of aromatic nitrogens is 1. The van der Waals surface area contributed by atoms with Crippen molar-refractivity contribution < 1.29 is 19.1 Å². The molecule has 0 radical (unpaired) electrons. The highest BCUT2D eigenvalue weighted by atomic mass is 79.9. The van der Waals surface area contributed by atoms with Crippen molar-refractivity contribution in [3.63, 3.8) is 0 Å². The average molecular weight is 334 g/mol. The monoisotopic (exact) mass is 333 g/mol. The summed E-state index contributed by atoms with van der Waals surface area (Å²) in [7, 11) is 0. The van der Waals surface area contributed by atoms with Crippen LogP contribution in [-0.4, -0.2) is 16.1 Å². The average Bonchev–Trinajstić information content (AvgIpc) is 2.88. The van der Waals surface area contributed by atoms with Crippen LogP contribution in [0.5, 0.6) is 11.8 Å². The Kier molecular flexibility index (Phi) is 3.15. The van der Waals surface area contributed by atoms with Gasteiger partial charge in [0.2, 0.25) is 0 Å². The van der Waals surface area contributed by atoms with Gasteiger partial charge in [-0.1, -0.05) is 28.1 Å². The predicted octanol–water partition coefficient (Wildman–Crippen LogP) is 4.08. The zero-order valence-electron chi connectivity index (χ0n) is 10.0. The molecule has 3 rings (SSSR count). The van der Waals surface area contributed by atoms with Crippen molar-refractivity contribution in [2.45, 2.75) is 0 Å². The summed E-state index contributed by atoms with van der Waals surface area (Å²) >= 11 is 3.41. The van der Waals surface area contributed by atoms with Crippen molar-refractivity contribution in [2.75, 3.05) is 0 Å². The van der Waals surface area contributed by atoms with Crippen molar-refractivity contribution in [2.24, 2.45) is 0 Å². The topological polar surface area (TPSA) is 72.6 Å². The van der Waals surface area contributed by atoms with E-state index in [1.807, 2.05) is 30.3 Å². The van der Waals surface area contributed by atoms with Gasteiger partial charge in [-0.15, -0.1) is 0 Å². The predicted molar refractivity (Wildman–Crippen MR) is 75.2 cm³/mol. The Morgan fingerprint density at radius 1 is 1.20 bits per heavy atom. The summed E-state index contributed by atoms with van der Waals surface area (Å²) in [5.41, 5.74) is -0.190. The summed E-state index contributed by atoms with van der Waals surface area (Å²) < 4.78 is 11.3. The first-order chi connectivity index (χ1) is 9.61. The van der Waals surface area contributed by atoms with Gasteiger partial charge in [-0.05, 0) is 35.0 Å². The van der Waals surface area contributed by atoms with Gasteiger partial charge in [0.05, 0.1) is 0 Å². The molecule has 0 spiro atoms. The highest BCUT2D eigenvalue weighted by Crippen LogP contribution is 2.27. The number of ether oxygens (including phenoxy) is 1. The molecule has 0 aliphatic heterocycles. The third-order valence-electron chi connectivity index (χ3n) is 2.68. The molecule has 0 amide bonds. The first kappa shape index (κ1) is 12.7. The molecule has 20 heavy (non-hydrogen) atoms. The van der Waals surface area contributed by atoms with Crippen molar-refractivity contribution in [3.8, 4) is 11.8 Å². The van der Waals surface area contributed by atoms with Crippen LogP contribution in [0.1, 0.15) is 10.5 Å². The summed E-state index contributed by atoms with van der Waals surface area (Å²) in [4.78, 5) is 14.4. The molecule has 0 unspecified atom stereocenters. The Morgan fingerprint density at radius 3 is 2.70 bits per heavy atom. The van der Waals surface area contributed by atoms with Crippen LogP contribution in [0.15, 0.2) is 51.6 Å². The maximum Gasteiger partial charge on any atom is 0.399 e. The molecule has 3 aromatic rings. The minimum absolute atomic E-state index is 0.0983. The minimum atomic E-state index is -1.16. The molecule has 100 valence electrons. The first-order valence-corrected chi connectivity index (χ1v) is 6.47. The third-order valence-corrected chi connectivity index (χ3v) is 3.17. The molecule has 1 N–H and O–H groups in total. The van der Waals surface area contributed by atoms with Crippen LogP contribution in [-0.2, 0) is 0 Å². The van der Waals surface area contributed by atoms with Crippen LogP contribution in [0.2, 0.25) is 0 Å². The highest BCUT2D eigenvalue weighted by molar-refractivity contribution is 9.10. The van der Waals surface area contributed by atoms with Gasteiger partial charge in [-0.2, -0.15) is 4.98 Å². The number of benzene rings is 2. The number of hydrogen-bond donors (Lipinski definition) is 1. The van der Waals surface area contributed by atoms with Crippen molar-refractivity contribution in [1.82, 2.24) is 4.98 Å². The van der Waals surface area contributed by atoms with E-state index in [1.165, 1.54) is 0 Å². The van der Waals surface area contributed by atoms with E-state index in [2.05, 4.69) is 20.9 Å². The van der Waals surface area contributed by atoms with E-state index in [-0.39, 0.29) is 11.8 Å². The number of carboxylic acid groups (broad SMARTS) is 1. The van der Waals surface area contributed by atoms with E-state index >= 15 is 0 Å². The van der Waals surface area contributed by atoms with Gasteiger partial charge in [0.1, 0.15) is 12.0 Å². The van der Waals surface area contributed by atoms with Crippen LogP contribution in [0.25, 0.3) is 10.8 Å². The van der Waals surface area contributed by atoms with Gasteiger partial charge in [0, 0.05) is 4.47 Å². The largest absolute Gasteiger partial charge is 0.476 e. The van der Waals surface area contributed by atoms with Gasteiger partial charge in [-0.3, -0.25) is 0 Å². The van der Waals surface area contributed by atoms with Crippen LogP contribution >= 0.6 is 15.9 Å². The molecule has 5 nitrogen and oxygen atoms in total. The van der Waals surface area contributed by atoms with Crippen LogP contribution in [0.3, 0.4) is 0 Å². The molecule has 0 saturated carbocycles. The second-order valence-corrected chi connectivity index (χ2v) is 4.97. The summed E-state index contributed by atoms with van der Waals surface area (Å²) in [5.74, 6) is -0.634. The molecular formula is C14H8BrNO4. The summed E-state index contributed by atoms with van der Waals surface area (Å²) in [6.07, 6.45) is 0.939. The van der Waals surface area contributed by atoms with Gasteiger partial charge in [-0.25, -0.2) is 4.79 Å². The first-order valence-electron chi connectivity index (χ1n) is 5.68. The number of carbonyl (C=O) groups is 1. The lowest BCUT2D eigenvalue weighted by atomic mass is 10.1. The van der Waals surface area contributed by atoms with Gasteiger partial charge in [0.25, 0.3) is 0 Å². The fourth-order valence-corrected chi connectivity index (χ4v) is 2.14. The van der Waals surface area contributed by atoms with Gasteiger partial charge < -0.3 is 14.3 Å². The second kappa shape index (κ2) is 4.97. The minimum Gasteiger partial charge on any atom is -0.476 e. The Morgan fingerprint density at radius 2 is 1.95 bits per heavy atom. The molecule has 1 heterocycles. The normalized spacial score (nSPS) is 10.7. The summed E-state index contributed by atoms with van der Waals surface area (Å²) in [6.45, 7) is 0. The maximum atomic E-state index is 10.7. The lowest BCUT2D eigenvalue weighted by Gasteiger charge is -2.03. The van der Waals surface area contributed by atoms with Gasteiger partial charge >= 0.3 is 12.0 Å². The molecule has 6 heteroatoms. The highest BCUT2D eigenvalue weighted by Gasteiger charge is 2.12. The van der Waals surface area contributed by atoms with Crippen molar-refractivity contribution in [3.05, 3.63) is 52.8 Å². The number of rotatable bonds is 3. The molecule has 0 bridgehead atoms. The molecule has 1 aromatic heterocycles. The molecule has 0 aliphatic rings. The number of aromatic carboxylic acids is 1. The van der Waals surface area contributed by atoms with E-state index in [0.717, 1.165) is 21.5 Å². The van der Waals surface area contributed by atoms with Crippen LogP contribution in [0, 0.1) is 0 Å². The Bertz CT molecular complexity index is 797. The second-order valence-electron chi connectivity index (χ2n) is 4.06. The third kappa shape index (κ3) is 2.50. The number of hydrogen-bond acceptors (Lipinski definition) is 4. The van der Waals surface area contributed by atoms with Gasteiger partial charge in [0.15, 0.2) is 5.69 Å². The Labute approximate surface area is 121 Å². The number of halogens is 1. The summed E-state index contributed by atoms with van der Waals surface area (Å²) in [5, 5.41) is 10.8. The van der Waals surface area contributed by atoms with Crippen LogP contribution in [0.4, 0.5) is 0 Å². The maximum absolute atomic E-state index is 10.7. The van der Waals surface area contributed by atoms with E-state index < -0.39 is 5.97 Å². The quantitative estimate of drug-likeness (QED) is 0.781. The van der Waals surface area contributed by atoms with E-state index in [9.17, 15) is 4.79 Å². The molecule has 2 aromatic carbocycles. The lowest BCUT2D eigenvalue weighted by Crippen LogP contribution is -1.95. The van der Waals surface area contributed by atoms with Crippen molar-refractivity contribution in [1.29, 1.82) is 0 Å². The zero-order chi connectivity index (χ0) is 14.1. The zero-order valence-corrected chi connectivity index (χ0v) is 11.6. The molecule has 0 aliphatic carbocycles. The molecule has 0 atom stereocenters. The van der Waals surface area contributed by atoms with Crippen LogP contribution < -0.4 is 4.74 Å². The number of nitrogens with zero attached hydrogens (tertiary/aromatic N) is 1. The number of fused-ring (bicyclic) bond motifs is 1. The molecule has 0 fully saturated rings. The smallest absolute Gasteiger partial charge is 0.399 e. The van der Waals surface area contributed by atoms with E-state index in [4.69, 9.17) is 14.3 Å². The Balaban J connectivity index is 1.90. The fraction of sp³-hybridized carbons (Fsp3) is 0. The lowest BCUT2D eigenvalue weighted by molar-refractivity contribution is 0.0690. The number of carboxylic acids is 1. The number of oxazole rings is 1.